The Morgan fingerprint density at radius 1 is 1.19 bits per heavy atom. The molecule has 1 amide bonds. The molecule has 1 saturated carbocycles. The molecule has 0 aromatic carbocycles. The second-order valence-corrected chi connectivity index (χ2v) is 8.26. The maximum atomic E-state index is 12.3. The number of carbonyl (C=O) groups is 1. The molecule has 4 heterocycles. The number of rotatable bonds is 6. The summed E-state index contributed by atoms with van der Waals surface area (Å²) >= 11 is 0. The molecule has 10 nitrogen and oxygen atoms in total. The summed E-state index contributed by atoms with van der Waals surface area (Å²) in [7, 11) is 3.37. The van der Waals surface area contributed by atoms with E-state index in [0.29, 0.717) is 47.4 Å². The van der Waals surface area contributed by atoms with E-state index in [1.54, 1.807) is 38.6 Å². The normalized spacial score (nSPS) is 25.1. The lowest BCUT2D eigenvalue weighted by Gasteiger charge is -2.34. The van der Waals surface area contributed by atoms with Crippen LogP contribution in [0.2, 0.25) is 0 Å². The van der Waals surface area contributed by atoms with E-state index in [2.05, 4.69) is 25.4 Å². The number of ether oxygens (including phenoxy) is 1. The van der Waals surface area contributed by atoms with Crippen LogP contribution in [0.4, 0.5) is 5.95 Å². The molecule has 0 unspecified atom stereocenters. The van der Waals surface area contributed by atoms with Gasteiger partial charge in [-0.3, -0.25) is 4.79 Å². The Kier molecular flexibility index (Phi) is 5.10. The number of hydrogen-bond donors (Lipinski definition) is 2. The molecule has 1 aliphatic heterocycles. The maximum absolute atomic E-state index is 12.3. The molecule has 10 heteroatoms. The van der Waals surface area contributed by atoms with Gasteiger partial charge in [-0.05, 0) is 31.0 Å². The van der Waals surface area contributed by atoms with Gasteiger partial charge in [-0.15, -0.1) is 0 Å². The summed E-state index contributed by atoms with van der Waals surface area (Å²) in [6.07, 6.45) is 4.10. The monoisotopic (exact) mass is 436 g/mol. The molecule has 2 N–H and O–H groups in total. The lowest BCUT2D eigenvalue weighted by Crippen LogP contribution is -2.40. The van der Waals surface area contributed by atoms with Gasteiger partial charge < -0.3 is 24.6 Å². The lowest BCUT2D eigenvalue weighted by atomic mass is 9.89. The zero-order valence-corrected chi connectivity index (χ0v) is 17.9. The Balaban J connectivity index is 1.36. The number of anilines is 1. The Morgan fingerprint density at radius 3 is 2.66 bits per heavy atom. The fourth-order valence-corrected chi connectivity index (χ4v) is 4.02. The van der Waals surface area contributed by atoms with Gasteiger partial charge >= 0.3 is 0 Å². The SMILES string of the molecule is COC1CC(Nc2nccc(-c3cccc(-c4cc([C@]5(O)CCN(C)C5=O)on4)n3)n2)C1. The van der Waals surface area contributed by atoms with E-state index in [-0.39, 0.29) is 12.2 Å². The van der Waals surface area contributed by atoms with Crippen LogP contribution in [0, 0.1) is 0 Å². The fourth-order valence-electron chi connectivity index (χ4n) is 4.02. The van der Waals surface area contributed by atoms with Crippen LogP contribution in [0.15, 0.2) is 41.1 Å². The van der Waals surface area contributed by atoms with Gasteiger partial charge in [0.25, 0.3) is 5.91 Å². The molecular formula is C22H24N6O4. The first-order chi connectivity index (χ1) is 15.5. The number of likely N-dealkylation sites (tertiary alicyclic amines) is 1. The standard InChI is InChI=1S/C22H24N6O4/c1-28-9-7-22(30,20(28)29)19-12-18(27-32-19)16-5-3-4-15(25-16)17-6-8-23-21(26-17)24-13-10-14(11-13)31-2/h3-6,8,12-14,30H,7,9-11H2,1-2H3,(H,23,24,26)/t13?,14?,22-/m1/s1. The average molecular weight is 436 g/mol. The Bertz CT molecular complexity index is 1140. The third-order valence-corrected chi connectivity index (χ3v) is 6.12. The molecular weight excluding hydrogens is 412 g/mol. The zero-order chi connectivity index (χ0) is 22.3. The predicted molar refractivity (Wildman–Crippen MR) is 114 cm³/mol. The van der Waals surface area contributed by atoms with Gasteiger partial charge in [-0.1, -0.05) is 11.2 Å². The van der Waals surface area contributed by atoms with Crippen molar-refractivity contribution in [3.63, 3.8) is 0 Å². The van der Waals surface area contributed by atoms with Gasteiger partial charge in [0.15, 0.2) is 5.76 Å². The molecule has 0 bridgehead atoms. The highest BCUT2D eigenvalue weighted by Crippen LogP contribution is 2.34. The summed E-state index contributed by atoms with van der Waals surface area (Å²) in [6, 6.07) is 9.14. The van der Waals surface area contributed by atoms with Crippen molar-refractivity contribution in [1.29, 1.82) is 0 Å². The second kappa shape index (κ2) is 7.95. The Hall–Kier alpha value is -3.37. The van der Waals surface area contributed by atoms with Crippen molar-refractivity contribution in [2.24, 2.45) is 0 Å². The smallest absolute Gasteiger partial charge is 0.262 e. The van der Waals surface area contributed by atoms with Crippen molar-refractivity contribution in [3.05, 3.63) is 42.3 Å². The van der Waals surface area contributed by atoms with Crippen LogP contribution < -0.4 is 5.32 Å². The van der Waals surface area contributed by atoms with Crippen LogP contribution in [-0.2, 0) is 15.1 Å². The van der Waals surface area contributed by atoms with Crippen molar-refractivity contribution in [2.75, 3.05) is 26.0 Å². The molecule has 166 valence electrons. The molecule has 32 heavy (non-hydrogen) atoms. The van der Waals surface area contributed by atoms with E-state index in [0.717, 1.165) is 12.8 Å². The molecule has 0 radical (unpaired) electrons. The van der Waals surface area contributed by atoms with Crippen LogP contribution in [0.1, 0.15) is 25.0 Å². The average Bonchev–Trinajstić information content (AvgIpc) is 3.39. The topological polar surface area (TPSA) is 126 Å². The van der Waals surface area contributed by atoms with Gasteiger partial charge in [0.2, 0.25) is 11.5 Å². The lowest BCUT2D eigenvalue weighted by molar-refractivity contribution is -0.144. The van der Waals surface area contributed by atoms with E-state index >= 15 is 0 Å². The van der Waals surface area contributed by atoms with Crippen molar-refractivity contribution in [3.8, 4) is 22.8 Å². The maximum Gasteiger partial charge on any atom is 0.262 e. The number of amides is 1. The van der Waals surface area contributed by atoms with E-state index in [1.807, 2.05) is 12.1 Å². The molecule has 2 aliphatic rings. The number of methoxy groups -OCH3 is 1. The molecule has 1 atom stereocenters. The largest absolute Gasteiger partial charge is 0.381 e. The van der Waals surface area contributed by atoms with E-state index in [9.17, 15) is 9.90 Å². The number of hydrogen-bond acceptors (Lipinski definition) is 9. The van der Waals surface area contributed by atoms with Crippen molar-refractivity contribution in [1.82, 2.24) is 25.0 Å². The number of aliphatic hydroxyl groups is 1. The first-order valence-electron chi connectivity index (χ1n) is 10.5. The first-order valence-corrected chi connectivity index (χ1v) is 10.5. The van der Waals surface area contributed by atoms with Gasteiger partial charge in [0.05, 0.1) is 23.2 Å². The second-order valence-electron chi connectivity index (χ2n) is 8.26. The third-order valence-electron chi connectivity index (χ3n) is 6.12. The zero-order valence-electron chi connectivity index (χ0n) is 17.9. The number of nitrogens with zero attached hydrogens (tertiary/aromatic N) is 5. The highest BCUT2D eigenvalue weighted by atomic mass is 16.5. The minimum absolute atomic E-state index is 0.123. The van der Waals surface area contributed by atoms with Gasteiger partial charge in [0.1, 0.15) is 5.69 Å². The number of carbonyl (C=O) groups excluding carboxylic acids is 1. The Labute approximate surface area is 184 Å². The molecule has 3 aromatic heterocycles. The van der Waals surface area contributed by atoms with Crippen molar-refractivity contribution in [2.45, 2.75) is 37.0 Å². The molecule has 1 saturated heterocycles. The summed E-state index contributed by atoms with van der Waals surface area (Å²) in [5.74, 6) is 0.271. The number of likely N-dealkylation sites (N-methyl/N-ethyl adjacent to an activating group) is 1. The van der Waals surface area contributed by atoms with Crippen LogP contribution >= 0.6 is 0 Å². The van der Waals surface area contributed by atoms with Gasteiger partial charge in [-0.25, -0.2) is 15.0 Å². The Morgan fingerprint density at radius 2 is 1.94 bits per heavy atom. The molecule has 1 aliphatic carbocycles. The van der Waals surface area contributed by atoms with Crippen LogP contribution in [-0.4, -0.2) is 68.9 Å². The number of pyridine rings is 1. The van der Waals surface area contributed by atoms with Gasteiger partial charge in [0, 0.05) is 45.4 Å². The quantitative estimate of drug-likeness (QED) is 0.595. The van der Waals surface area contributed by atoms with Crippen molar-refractivity contribution < 1.29 is 19.2 Å². The summed E-state index contributed by atoms with van der Waals surface area (Å²) in [5, 5.41) is 18.1. The summed E-state index contributed by atoms with van der Waals surface area (Å²) in [5.41, 5.74) is 0.618. The third kappa shape index (κ3) is 3.61. The summed E-state index contributed by atoms with van der Waals surface area (Å²) in [6.45, 7) is 0.455. The predicted octanol–water partition coefficient (Wildman–Crippen LogP) is 1.83. The number of nitrogens with one attached hydrogen (secondary N) is 1. The van der Waals surface area contributed by atoms with Crippen LogP contribution in [0.3, 0.4) is 0 Å². The minimum atomic E-state index is -1.69. The first kappa shape index (κ1) is 20.5. The van der Waals surface area contributed by atoms with Gasteiger partial charge in [-0.2, -0.15) is 0 Å². The van der Waals surface area contributed by atoms with Crippen LogP contribution in [0.25, 0.3) is 22.8 Å². The summed E-state index contributed by atoms with van der Waals surface area (Å²) < 4.78 is 10.6. The fraction of sp³-hybridized carbons (Fsp3) is 0.409. The molecule has 2 fully saturated rings. The molecule has 0 spiro atoms. The molecule has 3 aromatic rings. The molecule has 5 rings (SSSR count). The van der Waals surface area contributed by atoms with E-state index in [4.69, 9.17) is 9.26 Å². The van der Waals surface area contributed by atoms with Crippen molar-refractivity contribution >= 4 is 11.9 Å². The highest BCUT2D eigenvalue weighted by molar-refractivity contribution is 5.87. The highest BCUT2D eigenvalue weighted by Gasteiger charge is 2.48. The van der Waals surface area contributed by atoms with E-state index < -0.39 is 11.5 Å². The summed E-state index contributed by atoms with van der Waals surface area (Å²) in [4.78, 5) is 27.3. The van der Waals surface area contributed by atoms with Crippen LogP contribution in [0.5, 0.6) is 0 Å². The van der Waals surface area contributed by atoms with E-state index in [1.165, 1.54) is 4.90 Å². The minimum Gasteiger partial charge on any atom is -0.381 e. The number of aromatic nitrogens is 4.